The van der Waals surface area contributed by atoms with Crippen LogP contribution in [0, 0.1) is 5.92 Å². The normalized spacial score (nSPS) is 14.6. The van der Waals surface area contributed by atoms with E-state index < -0.39 is 0 Å². The van der Waals surface area contributed by atoms with Crippen molar-refractivity contribution in [3.8, 4) is 0 Å². The lowest BCUT2D eigenvalue weighted by atomic mass is 9.74. The molecule has 2 atom stereocenters. The fraction of sp³-hybridized carbons (Fsp3) is 0.476. The Balaban J connectivity index is 2.42. The molecule has 22 heavy (non-hydrogen) atoms. The van der Waals surface area contributed by atoms with Crippen LogP contribution in [0.15, 0.2) is 48.7 Å². The van der Waals surface area contributed by atoms with Gasteiger partial charge in [0, 0.05) is 11.9 Å². The standard InChI is InChI=1S/C21H29N/c1-6-16(2)19(15-17-11-9-10-14-22-17)18-12-7-8-13-20(18)21(3,4)5/h7-14,16,19H,6,15H2,1-5H3. The van der Waals surface area contributed by atoms with Gasteiger partial charge >= 0.3 is 0 Å². The first-order valence-electron chi connectivity index (χ1n) is 8.42. The summed E-state index contributed by atoms with van der Waals surface area (Å²) < 4.78 is 0. The molecule has 0 aliphatic rings. The molecule has 0 saturated heterocycles. The third kappa shape index (κ3) is 3.97. The van der Waals surface area contributed by atoms with Crippen molar-refractivity contribution in [2.75, 3.05) is 0 Å². The molecule has 1 heterocycles. The molecule has 1 nitrogen and oxygen atoms in total. The van der Waals surface area contributed by atoms with E-state index in [2.05, 4.69) is 76.0 Å². The van der Waals surface area contributed by atoms with Gasteiger partial charge < -0.3 is 0 Å². The number of nitrogens with zero attached hydrogens (tertiary/aromatic N) is 1. The SMILES string of the molecule is CCC(C)C(Cc1ccccn1)c1ccccc1C(C)(C)C. The predicted molar refractivity (Wildman–Crippen MR) is 95.3 cm³/mol. The molecule has 2 aromatic rings. The molecule has 2 rings (SSSR count). The zero-order chi connectivity index (χ0) is 16.2. The number of aromatic nitrogens is 1. The Morgan fingerprint density at radius 3 is 2.27 bits per heavy atom. The maximum atomic E-state index is 4.55. The van der Waals surface area contributed by atoms with Gasteiger partial charge in [0.05, 0.1) is 0 Å². The van der Waals surface area contributed by atoms with Gasteiger partial charge in [-0.2, -0.15) is 0 Å². The summed E-state index contributed by atoms with van der Waals surface area (Å²) >= 11 is 0. The fourth-order valence-corrected chi connectivity index (χ4v) is 3.15. The second-order valence-corrected chi connectivity index (χ2v) is 7.35. The van der Waals surface area contributed by atoms with E-state index in [1.54, 1.807) is 0 Å². The van der Waals surface area contributed by atoms with Gasteiger partial charge in [0.15, 0.2) is 0 Å². The molecule has 0 bridgehead atoms. The molecule has 0 spiro atoms. The predicted octanol–water partition coefficient (Wildman–Crippen LogP) is 5.75. The minimum absolute atomic E-state index is 0.173. The first kappa shape index (κ1) is 16.7. The first-order valence-corrected chi connectivity index (χ1v) is 8.42. The summed E-state index contributed by atoms with van der Waals surface area (Å²) in [5.41, 5.74) is 4.33. The molecule has 0 amide bonds. The average Bonchev–Trinajstić information content (AvgIpc) is 2.52. The molecule has 0 N–H and O–H groups in total. The van der Waals surface area contributed by atoms with E-state index in [1.165, 1.54) is 23.2 Å². The van der Waals surface area contributed by atoms with Crippen LogP contribution in [0.5, 0.6) is 0 Å². The smallest absolute Gasteiger partial charge is 0.0409 e. The van der Waals surface area contributed by atoms with Crippen molar-refractivity contribution in [1.82, 2.24) is 4.98 Å². The Bertz CT molecular complexity index is 580. The third-order valence-corrected chi connectivity index (χ3v) is 4.65. The van der Waals surface area contributed by atoms with Gasteiger partial charge in [-0.15, -0.1) is 0 Å². The Hall–Kier alpha value is -1.63. The van der Waals surface area contributed by atoms with Crippen molar-refractivity contribution in [2.45, 2.75) is 58.8 Å². The quantitative estimate of drug-likeness (QED) is 0.684. The Morgan fingerprint density at radius 1 is 1.00 bits per heavy atom. The van der Waals surface area contributed by atoms with Gasteiger partial charge in [0.25, 0.3) is 0 Å². The average molecular weight is 295 g/mol. The highest BCUT2D eigenvalue weighted by Gasteiger charge is 2.26. The van der Waals surface area contributed by atoms with Crippen molar-refractivity contribution in [2.24, 2.45) is 5.92 Å². The Kier molecular flexibility index (Phi) is 5.39. The van der Waals surface area contributed by atoms with Crippen LogP contribution >= 0.6 is 0 Å². The molecule has 0 fully saturated rings. The van der Waals surface area contributed by atoms with E-state index in [0.29, 0.717) is 11.8 Å². The van der Waals surface area contributed by atoms with E-state index in [4.69, 9.17) is 0 Å². The van der Waals surface area contributed by atoms with Gasteiger partial charge in [-0.3, -0.25) is 4.98 Å². The lowest BCUT2D eigenvalue weighted by molar-refractivity contribution is 0.430. The van der Waals surface area contributed by atoms with Gasteiger partial charge in [-0.1, -0.05) is 71.4 Å². The molecule has 1 heteroatoms. The van der Waals surface area contributed by atoms with Crippen LogP contribution in [0.25, 0.3) is 0 Å². The van der Waals surface area contributed by atoms with E-state index in [1.807, 2.05) is 12.3 Å². The Labute approximate surface area is 135 Å². The van der Waals surface area contributed by atoms with Crippen molar-refractivity contribution < 1.29 is 0 Å². The zero-order valence-corrected chi connectivity index (χ0v) is 14.6. The maximum absolute atomic E-state index is 4.55. The first-order chi connectivity index (χ1) is 10.4. The zero-order valence-electron chi connectivity index (χ0n) is 14.6. The molecule has 1 aromatic carbocycles. The number of benzene rings is 1. The van der Waals surface area contributed by atoms with Crippen molar-refractivity contribution in [3.05, 3.63) is 65.5 Å². The molecule has 0 aliphatic carbocycles. The second kappa shape index (κ2) is 7.09. The highest BCUT2D eigenvalue weighted by atomic mass is 14.7. The third-order valence-electron chi connectivity index (χ3n) is 4.65. The summed E-state index contributed by atoms with van der Waals surface area (Å²) in [5.74, 6) is 1.17. The lowest BCUT2D eigenvalue weighted by Crippen LogP contribution is -2.20. The largest absolute Gasteiger partial charge is 0.261 e. The fourth-order valence-electron chi connectivity index (χ4n) is 3.15. The van der Waals surface area contributed by atoms with Gasteiger partial charge in [0.1, 0.15) is 0 Å². The van der Waals surface area contributed by atoms with E-state index in [0.717, 1.165) is 6.42 Å². The summed E-state index contributed by atoms with van der Waals surface area (Å²) in [5, 5.41) is 0. The minimum atomic E-state index is 0.173. The molecular formula is C21H29N. The number of pyridine rings is 1. The molecule has 0 aliphatic heterocycles. The molecule has 118 valence electrons. The van der Waals surface area contributed by atoms with Gasteiger partial charge in [-0.25, -0.2) is 0 Å². The van der Waals surface area contributed by atoms with Crippen molar-refractivity contribution in [1.29, 1.82) is 0 Å². The van der Waals surface area contributed by atoms with Crippen molar-refractivity contribution in [3.63, 3.8) is 0 Å². The van der Waals surface area contributed by atoms with Crippen LogP contribution in [0.2, 0.25) is 0 Å². The van der Waals surface area contributed by atoms with E-state index >= 15 is 0 Å². The van der Waals surface area contributed by atoms with Crippen LogP contribution in [0.3, 0.4) is 0 Å². The lowest BCUT2D eigenvalue weighted by Gasteiger charge is -2.30. The summed E-state index contributed by atoms with van der Waals surface area (Å²) in [7, 11) is 0. The molecule has 1 aromatic heterocycles. The Morgan fingerprint density at radius 2 is 1.68 bits per heavy atom. The summed E-state index contributed by atoms with van der Waals surface area (Å²) in [6.07, 6.45) is 4.11. The van der Waals surface area contributed by atoms with Crippen LogP contribution in [0.4, 0.5) is 0 Å². The number of hydrogen-bond acceptors (Lipinski definition) is 1. The number of rotatable bonds is 5. The maximum Gasteiger partial charge on any atom is 0.0409 e. The van der Waals surface area contributed by atoms with Crippen LogP contribution in [-0.2, 0) is 11.8 Å². The monoisotopic (exact) mass is 295 g/mol. The molecule has 0 saturated carbocycles. The van der Waals surface area contributed by atoms with E-state index in [-0.39, 0.29) is 5.41 Å². The van der Waals surface area contributed by atoms with Gasteiger partial charge in [0.2, 0.25) is 0 Å². The minimum Gasteiger partial charge on any atom is -0.261 e. The topological polar surface area (TPSA) is 12.9 Å². The van der Waals surface area contributed by atoms with Gasteiger partial charge in [-0.05, 0) is 46.9 Å². The molecule has 2 unspecified atom stereocenters. The summed E-state index contributed by atoms with van der Waals surface area (Å²) in [6.45, 7) is 11.6. The highest BCUT2D eigenvalue weighted by Crippen LogP contribution is 2.36. The van der Waals surface area contributed by atoms with E-state index in [9.17, 15) is 0 Å². The van der Waals surface area contributed by atoms with Crippen LogP contribution < -0.4 is 0 Å². The van der Waals surface area contributed by atoms with Crippen molar-refractivity contribution >= 4 is 0 Å². The summed E-state index contributed by atoms with van der Waals surface area (Å²) in [6, 6.07) is 15.2. The highest BCUT2D eigenvalue weighted by molar-refractivity contribution is 5.36. The number of hydrogen-bond donors (Lipinski definition) is 0. The van der Waals surface area contributed by atoms with Crippen LogP contribution in [-0.4, -0.2) is 4.98 Å². The second-order valence-electron chi connectivity index (χ2n) is 7.35. The summed E-state index contributed by atoms with van der Waals surface area (Å²) in [4.78, 5) is 4.55. The molecule has 0 radical (unpaired) electrons. The van der Waals surface area contributed by atoms with Crippen LogP contribution in [0.1, 0.15) is 63.8 Å². The molecular weight excluding hydrogens is 266 g/mol.